The van der Waals surface area contributed by atoms with E-state index in [0.717, 1.165) is 6.42 Å². The minimum absolute atomic E-state index is 0.0941. The second-order valence-electron chi connectivity index (χ2n) is 4.88. The van der Waals surface area contributed by atoms with Gasteiger partial charge in [0, 0.05) is 5.56 Å². The van der Waals surface area contributed by atoms with Crippen LogP contribution >= 0.6 is 11.6 Å². The lowest BCUT2D eigenvalue weighted by molar-refractivity contribution is 0.0504. The summed E-state index contributed by atoms with van der Waals surface area (Å²) in [7, 11) is 0. The number of esters is 1. The largest absolute Gasteiger partial charge is 0.487 e. The molecule has 0 atom stereocenters. The van der Waals surface area contributed by atoms with Crippen LogP contribution in [0.15, 0.2) is 36.4 Å². The molecule has 0 saturated carbocycles. The van der Waals surface area contributed by atoms with Gasteiger partial charge in [0.15, 0.2) is 0 Å². The fraction of sp³-hybridized carbons (Fsp3) is 0.235. The van der Waals surface area contributed by atoms with E-state index in [-0.39, 0.29) is 22.9 Å². The highest BCUT2D eigenvalue weighted by Crippen LogP contribution is 2.26. The summed E-state index contributed by atoms with van der Waals surface area (Å²) in [5.41, 5.74) is 6.71. The molecule has 2 aromatic rings. The standard InChI is InChI=1S/C17H17ClFNO3/c1-2-8-22-17(21)11-6-7-15(20)16(9-11)23-10-12-13(18)4-3-5-14(12)19/h3-7,9H,2,8,10,20H2,1H3. The van der Waals surface area contributed by atoms with Crippen molar-refractivity contribution in [2.75, 3.05) is 12.3 Å². The van der Waals surface area contributed by atoms with E-state index in [9.17, 15) is 9.18 Å². The third-order valence-corrected chi connectivity index (χ3v) is 3.47. The maximum atomic E-state index is 13.7. The topological polar surface area (TPSA) is 61.5 Å². The molecule has 0 amide bonds. The lowest BCUT2D eigenvalue weighted by Gasteiger charge is -2.12. The van der Waals surface area contributed by atoms with Crippen LogP contribution in [0.4, 0.5) is 10.1 Å². The Morgan fingerprint density at radius 3 is 2.78 bits per heavy atom. The summed E-state index contributed by atoms with van der Waals surface area (Å²) in [5.74, 6) is -0.648. The number of hydrogen-bond acceptors (Lipinski definition) is 4. The Morgan fingerprint density at radius 1 is 1.30 bits per heavy atom. The van der Waals surface area contributed by atoms with Gasteiger partial charge in [-0.2, -0.15) is 0 Å². The van der Waals surface area contributed by atoms with Gasteiger partial charge in [0.25, 0.3) is 0 Å². The number of hydrogen-bond donors (Lipinski definition) is 1. The summed E-state index contributed by atoms with van der Waals surface area (Å²) in [5, 5.41) is 0.266. The molecule has 0 fully saturated rings. The van der Waals surface area contributed by atoms with E-state index in [2.05, 4.69) is 0 Å². The first-order valence-corrected chi connectivity index (χ1v) is 7.53. The fourth-order valence-corrected chi connectivity index (χ4v) is 2.10. The van der Waals surface area contributed by atoms with Gasteiger partial charge in [-0.05, 0) is 36.8 Å². The minimum Gasteiger partial charge on any atom is -0.487 e. The average molecular weight is 338 g/mol. The van der Waals surface area contributed by atoms with Gasteiger partial charge < -0.3 is 15.2 Å². The van der Waals surface area contributed by atoms with Gasteiger partial charge in [0.05, 0.1) is 22.9 Å². The minimum atomic E-state index is -0.463. The third-order valence-electron chi connectivity index (χ3n) is 3.12. The predicted octanol–water partition coefficient (Wildman–Crippen LogP) is 4.21. The van der Waals surface area contributed by atoms with E-state index in [1.165, 1.54) is 18.2 Å². The second kappa shape index (κ2) is 7.83. The zero-order valence-electron chi connectivity index (χ0n) is 12.6. The quantitative estimate of drug-likeness (QED) is 0.633. The zero-order chi connectivity index (χ0) is 16.8. The first kappa shape index (κ1) is 17.1. The molecule has 0 heterocycles. The molecule has 0 spiro atoms. The highest BCUT2D eigenvalue weighted by atomic mass is 35.5. The Morgan fingerprint density at radius 2 is 2.09 bits per heavy atom. The lowest BCUT2D eigenvalue weighted by atomic mass is 10.2. The van der Waals surface area contributed by atoms with Crippen LogP contribution in [0.5, 0.6) is 5.75 Å². The average Bonchev–Trinajstić information content (AvgIpc) is 2.53. The van der Waals surface area contributed by atoms with Gasteiger partial charge in [-0.25, -0.2) is 9.18 Å². The maximum absolute atomic E-state index is 13.7. The van der Waals surface area contributed by atoms with Crippen LogP contribution in [0.25, 0.3) is 0 Å². The SMILES string of the molecule is CCCOC(=O)c1ccc(N)c(OCc2c(F)cccc2Cl)c1. The van der Waals surface area contributed by atoms with Crippen LogP contribution in [-0.4, -0.2) is 12.6 Å². The normalized spacial score (nSPS) is 10.4. The molecular weight excluding hydrogens is 321 g/mol. The molecule has 0 aliphatic carbocycles. The molecule has 2 rings (SSSR count). The van der Waals surface area contributed by atoms with Crippen LogP contribution in [0, 0.1) is 5.82 Å². The van der Waals surface area contributed by atoms with Crippen LogP contribution in [0.3, 0.4) is 0 Å². The predicted molar refractivity (Wildman–Crippen MR) is 87.2 cm³/mol. The first-order chi connectivity index (χ1) is 11.0. The first-order valence-electron chi connectivity index (χ1n) is 7.15. The molecule has 0 aromatic heterocycles. The number of benzene rings is 2. The molecule has 0 saturated heterocycles. The number of ether oxygens (including phenoxy) is 2. The number of carbonyl (C=O) groups is 1. The molecule has 122 valence electrons. The van der Waals surface area contributed by atoms with Crippen LogP contribution in [0.1, 0.15) is 29.3 Å². The van der Waals surface area contributed by atoms with Crippen molar-refractivity contribution in [3.05, 3.63) is 58.4 Å². The monoisotopic (exact) mass is 337 g/mol. The molecule has 0 aliphatic rings. The summed E-state index contributed by atoms with van der Waals surface area (Å²) >= 11 is 5.95. The number of anilines is 1. The Kier molecular flexibility index (Phi) is 5.82. The smallest absolute Gasteiger partial charge is 0.338 e. The lowest BCUT2D eigenvalue weighted by Crippen LogP contribution is -2.07. The Labute approximate surface area is 139 Å². The van der Waals surface area contributed by atoms with E-state index < -0.39 is 11.8 Å². The van der Waals surface area contributed by atoms with E-state index in [1.54, 1.807) is 18.2 Å². The fourth-order valence-electron chi connectivity index (χ4n) is 1.88. The number of nitrogen functional groups attached to an aromatic ring is 1. The van der Waals surface area contributed by atoms with E-state index in [0.29, 0.717) is 17.9 Å². The van der Waals surface area contributed by atoms with Crippen molar-refractivity contribution >= 4 is 23.3 Å². The second-order valence-corrected chi connectivity index (χ2v) is 5.28. The van der Waals surface area contributed by atoms with E-state index in [1.807, 2.05) is 6.92 Å². The summed E-state index contributed by atoms with van der Waals surface area (Å²) < 4.78 is 24.3. The Balaban J connectivity index is 2.15. The highest BCUT2D eigenvalue weighted by molar-refractivity contribution is 6.31. The number of carbonyl (C=O) groups excluding carboxylic acids is 1. The van der Waals surface area contributed by atoms with Crippen molar-refractivity contribution in [1.82, 2.24) is 0 Å². The molecule has 2 aromatic carbocycles. The third kappa shape index (κ3) is 4.36. The van der Waals surface area contributed by atoms with Gasteiger partial charge in [0.2, 0.25) is 0 Å². The van der Waals surface area contributed by atoms with Crippen molar-refractivity contribution in [2.24, 2.45) is 0 Å². The molecular formula is C17H17ClFNO3. The number of halogens is 2. The molecule has 4 nitrogen and oxygen atoms in total. The summed E-state index contributed by atoms with van der Waals surface area (Å²) in [4.78, 5) is 11.8. The molecule has 23 heavy (non-hydrogen) atoms. The maximum Gasteiger partial charge on any atom is 0.338 e. The Bertz CT molecular complexity index is 686. The highest BCUT2D eigenvalue weighted by Gasteiger charge is 2.12. The summed E-state index contributed by atoms with van der Waals surface area (Å²) in [6, 6.07) is 8.96. The summed E-state index contributed by atoms with van der Waals surface area (Å²) in [6.07, 6.45) is 0.732. The van der Waals surface area contributed by atoms with Crippen molar-refractivity contribution in [2.45, 2.75) is 20.0 Å². The molecule has 6 heteroatoms. The van der Waals surface area contributed by atoms with Crippen molar-refractivity contribution in [3.8, 4) is 5.75 Å². The molecule has 0 radical (unpaired) electrons. The van der Waals surface area contributed by atoms with Crippen molar-refractivity contribution in [3.63, 3.8) is 0 Å². The van der Waals surface area contributed by atoms with E-state index >= 15 is 0 Å². The molecule has 0 unspecified atom stereocenters. The van der Waals surface area contributed by atoms with Gasteiger partial charge in [0.1, 0.15) is 18.2 Å². The zero-order valence-corrected chi connectivity index (χ0v) is 13.4. The molecule has 0 aliphatic heterocycles. The number of nitrogens with two attached hydrogens (primary N) is 1. The van der Waals surface area contributed by atoms with E-state index in [4.69, 9.17) is 26.8 Å². The summed E-state index contributed by atoms with van der Waals surface area (Å²) in [6.45, 7) is 2.15. The number of rotatable bonds is 6. The molecule has 2 N–H and O–H groups in total. The van der Waals surface area contributed by atoms with Crippen molar-refractivity contribution < 1.29 is 18.7 Å². The Hall–Kier alpha value is -2.27. The van der Waals surface area contributed by atoms with Crippen LogP contribution < -0.4 is 10.5 Å². The van der Waals surface area contributed by atoms with Gasteiger partial charge in [-0.3, -0.25) is 0 Å². The van der Waals surface area contributed by atoms with Crippen molar-refractivity contribution in [1.29, 1.82) is 0 Å². The van der Waals surface area contributed by atoms with Gasteiger partial charge in [-0.1, -0.05) is 24.6 Å². The van der Waals surface area contributed by atoms with Crippen LogP contribution in [-0.2, 0) is 11.3 Å². The van der Waals surface area contributed by atoms with Crippen LogP contribution in [0.2, 0.25) is 5.02 Å². The molecule has 0 bridgehead atoms. The van der Waals surface area contributed by atoms with Gasteiger partial charge >= 0.3 is 5.97 Å². The van der Waals surface area contributed by atoms with Gasteiger partial charge in [-0.15, -0.1) is 0 Å².